The van der Waals surface area contributed by atoms with Crippen LogP contribution in [-0.2, 0) is 5.54 Å². The molecule has 0 atom stereocenters. The first kappa shape index (κ1) is 22.1. The number of nitrogen functional groups attached to an aromatic ring is 1. The Kier molecular flexibility index (Phi) is 5.55. The number of nitrogens with two attached hydrogens (primary N) is 2. The molecule has 6 rings (SSSR count). The number of benzene rings is 2. The van der Waals surface area contributed by atoms with Gasteiger partial charge in [0.05, 0.1) is 11.3 Å². The van der Waals surface area contributed by atoms with Gasteiger partial charge < -0.3 is 11.5 Å². The van der Waals surface area contributed by atoms with Crippen molar-refractivity contribution in [2.75, 3.05) is 5.73 Å². The number of imidazole rings is 1. The summed E-state index contributed by atoms with van der Waals surface area (Å²) in [5.74, 6) is 1.15. The molecule has 1 aliphatic carbocycles. The van der Waals surface area contributed by atoms with Crippen molar-refractivity contribution in [2.24, 2.45) is 5.73 Å². The second kappa shape index (κ2) is 8.56. The summed E-state index contributed by atoms with van der Waals surface area (Å²) in [6.45, 7) is 0. The summed E-state index contributed by atoms with van der Waals surface area (Å²) < 4.78 is 2.06. The van der Waals surface area contributed by atoms with Crippen molar-refractivity contribution in [1.82, 2.24) is 19.5 Å². The molecule has 0 unspecified atom stereocenters. The Hall–Kier alpha value is -3.74. The van der Waals surface area contributed by atoms with Crippen LogP contribution < -0.4 is 11.5 Å². The summed E-state index contributed by atoms with van der Waals surface area (Å²) in [5.41, 5.74) is 19.0. The van der Waals surface area contributed by atoms with Crippen LogP contribution in [0.15, 0.2) is 85.1 Å². The largest absolute Gasteiger partial charge is 0.383 e. The minimum absolute atomic E-state index is 0. The van der Waals surface area contributed by atoms with Gasteiger partial charge in [-0.3, -0.25) is 4.57 Å². The molecule has 1 fully saturated rings. The zero-order valence-electron chi connectivity index (χ0n) is 18.6. The summed E-state index contributed by atoms with van der Waals surface area (Å²) in [6.07, 6.45) is 4.92. The van der Waals surface area contributed by atoms with Gasteiger partial charge in [-0.25, -0.2) is 15.0 Å². The van der Waals surface area contributed by atoms with Crippen molar-refractivity contribution in [3.05, 3.63) is 90.6 Å². The molecule has 5 aromatic rings. The number of hydrogen-bond acceptors (Lipinski definition) is 5. The molecule has 2 aromatic carbocycles. The number of hydrogen-bond donors (Lipinski definition) is 2. The van der Waals surface area contributed by atoms with Gasteiger partial charge in [-0.1, -0.05) is 42.5 Å². The van der Waals surface area contributed by atoms with E-state index in [1.54, 1.807) is 6.20 Å². The van der Waals surface area contributed by atoms with Gasteiger partial charge in [0.2, 0.25) is 0 Å². The number of nitrogens with zero attached hydrogens (tertiary/aromatic N) is 4. The van der Waals surface area contributed by atoms with Gasteiger partial charge in [0, 0.05) is 23.0 Å². The van der Waals surface area contributed by atoms with E-state index in [0.29, 0.717) is 11.6 Å². The van der Waals surface area contributed by atoms with E-state index < -0.39 is 0 Å². The summed E-state index contributed by atoms with van der Waals surface area (Å²) in [6, 6.07) is 26.4. The molecule has 1 saturated carbocycles. The number of rotatable bonds is 4. The van der Waals surface area contributed by atoms with Crippen LogP contribution in [-0.4, -0.2) is 19.5 Å². The van der Waals surface area contributed by atoms with Crippen LogP contribution in [0.2, 0.25) is 0 Å². The molecule has 0 radical (unpaired) electrons. The predicted octanol–water partition coefficient (Wildman–Crippen LogP) is 5.49. The predicted molar refractivity (Wildman–Crippen MR) is 139 cm³/mol. The van der Waals surface area contributed by atoms with Gasteiger partial charge in [-0.15, -0.1) is 12.4 Å². The molecule has 3 heterocycles. The molecule has 6 nitrogen and oxygen atoms in total. The molecule has 0 saturated heterocycles. The molecule has 170 valence electrons. The Morgan fingerprint density at radius 3 is 2.26 bits per heavy atom. The average molecular weight is 469 g/mol. The number of aromatic nitrogens is 4. The third kappa shape index (κ3) is 3.61. The SMILES string of the molecule is Cl.Nc1ncccc1-c1nc2ccc(-c3ccccc3)nc2n1-c1ccc(C2(N)CCC2)cc1. The lowest BCUT2D eigenvalue weighted by Gasteiger charge is -2.38. The topological polar surface area (TPSA) is 95.6 Å². The fourth-order valence-electron chi connectivity index (χ4n) is 4.55. The van der Waals surface area contributed by atoms with E-state index in [2.05, 4.69) is 45.9 Å². The zero-order valence-corrected chi connectivity index (χ0v) is 19.4. The van der Waals surface area contributed by atoms with Crippen molar-refractivity contribution in [3.63, 3.8) is 0 Å². The Morgan fingerprint density at radius 2 is 1.59 bits per heavy atom. The monoisotopic (exact) mass is 468 g/mol. The normalized spacial score (nSPS) is 14.4. The molecule has 0 spiro atoms. The van der Waals surface area contributed by atoms with Crippen LogP contribution in [0.25, 0.3) is 39.5 Å². The van der Waals surface area contributed by atoms with E-state index in [1.165, 1.54) is 12.0 Å². The van der Waals surface area contributed by atoms with Crippen LogP contribution >= 0.6 is 12.4 Å². The fraction of sp³-hybridized carbons (Fsp3) is 0.148. The van der Waals surface area contributed by atoms with Gasteiger partial charge in [-0.05, 0) is 61.2 Å². The third-order valence-electron chi connectivity index (χ3n) is 6.60. The van der Waals surface area contributed by atoms with Gasteiger partial charge in [0.25, 0.3) is 0 Å². The van der Waals surface area contributed by atoms with Crippen molar-refractivity contribution in [1.29, 1.82) is 0 Å². The summed E-state index contributed by atoms with van der Waals surface area (Å²) in [7, 11) is 0. The second-order valence-corrected chi connectivity index (χ2v) is 8.67. The van der Waals surface area contributed by atoms with Crippen LogP contribution in [0, 0.1) is 0 Å². The molecular formula is C27H25ClN6. The van der Waals surface area contributed by atoms with E-state index in [-0.39, 0.29) is 17.9 Å². The van der Waals surface area contributed by atoms with Crippen molar-refractivity contribution >= 4 is 29.4 Å². The first-order chi connectivity index (χ1) is 16.1. The van der Waals surface area contributed by atoms with Gasteiger partial charge in [0.1, 0.15) is 11.3 Å². The second-order valence-electron chi connectivity index (χ2n) is 8.67. The minimum Gasteiger partial charge on any atom is -0.383 e. The maximum Gasteiger partial charge on any atom is 0.165 e. The lowest BCUT2D eigenvalue weighted by Crippen LogP contribution is -2.43. The molecule has 1 aliphatic rings. The Morgan fingerprint density at radius 1 is 0.824 bits per heavy atom. The van der Waals surface area contributed by atoms with Crippen LogP contribution in [0.4, 0.5) is 5.82 Å². The van der Waals surface area contributed by atoms with Crippen LogP contribution in [0.3, 0.4) is 0 Å². The first-order valence-electron chi connectivity index (χ1n) is 11.2. The Balaban J connectivity index is 0.00000241. The maximum atomic E-state index is 6.55. The standard InChI is InChI=1S/C27H24N6.ClH/c28-24-21(8-4-17-30-24)25-32-23-14-13-22(18-6-2-1-3-7-18)31-26(23)33(25)20-11-9-19(10-12-20)27(29)15-5-16-27;/h1-4,6-14,17H,5,15-16,29H2,(H2,28,30);1H. The lowest BCUT2D eigenvalue weighted by atomic mass is 9.73. The average Bonchev–Trinajstić information content (AvgIpc) is 3.22. The number of anilines is 1. The lowest BCUT2D eigenvalue weighted by molar-refractivity contribution is 0.253. The molecule has 4 N–H and O–H groups in total. The van der Waals surface area contributed by atoms with Gasteiger partial charge >= 0.3 is 0 Å². The highest BCUT2D eigenvalue weighted by molar-refractivity contribution is 5.85. The molecular weight excluding hydrogens is 444 g/mol. The van der Waals surface area contributed by atoms with Gasteiger partial charge in [-0.2, -0.15) is 0 Å². The minimum atomic E-state index is -0.203. The molecule has 3 aromatic heterocycles. The molecule has 0 amide bonds. The highest BCUT2D eigenvalue weighted by atomic mass is 35.5. The van der Waals surface area contributed by atoms with Crippen molar-refractivity contribution in [3.8, 4) is 28.3 Å². The van der Waals surface area contributed by atoms with Crippen molar-refractivity contribution < 1.29 is 0 Å². The smallest absolute Gasteiger partial charge is 0.165 e. The summed E-state index contributed by atoms with van der Waals surface area (Å²) in [5, 5.41) is 0. The summed E-state index contributed by atoms with van der Waals surface area (Å²) >= 11 is 0. The van der Waals surface area contributed by atoms with E-state index in [4.69, 9.17) is 21.4 Å². The number of pyridine rings is 2. The molecule has 34 heavy (non-hydrogen) atoms. The fourth-order valence-corrected chi connectivity index (χ4v) is 4.55. The van der Waals surface area contributed by atoms with E-state index in [1.807, 2.05) is 42.5 Å². The van der Waals surface area contributed by atoms with E-state index in [0.717, 1.165) is 46.5 Å². The molecule has 0 aliphatic heterocycles. The maximum absolute atomic E-state index is 6.55. The molecule has 7 heteroatoms. The first-order valence-corrected chi connectivity index (χ1v) is 11.2. The third-order valence-corrected chi connectivity index (χ3v) is 6.60. The van der Waals surface area contributed by atoms with Crippen molar-refractivity contribution in [2.45, 2.75) is 24.8 Å². The molecule has 0 bridgehead atoms. The highest BCUT2D eigenvalue weighted by Gasteiger charge is 2.34. The Labute approximate surface area is 204 Å². The van der Waals surface area contributed by atoms with E-state index >= 15 is 0 Å². The quantitative estimate of drug-likeness (QED) is 0.363. The van der Waals surface area contributed by atoms with Gasteiger partial charge in [0.15, 0.2) is 11.5 Å². The van der Waals surface area contributed by atoms with Crippen LogP contribution in [0.1, 0.15) is 24.8 Å². The highest BCUT2D eigenvalue weighted by Crippen LogP contribution is 2.39. The number of fused-ring (bicyclic) bond motifs is 1. The summed E-state index contributed by atoms with van der Waals surface area (Å²) in [4.78, 5) is 14.2. The van der Waals surface area contributed by atoms with Crippen LogP contribution in [0.5, 0.6) is 0 Å². The zero-order chi connectivity index (χ0) is 22.4. The Bertz CT molecular complexity index is 1460. The van der Waals surface area contributed by atoms with E-state index in [9.17, 15) is 0 Å². The number of halogens is 1.